The number of nitrogens with zero attached hydrogens (tertiary/aromatic N) is 12. The highest BCUT2D eigenvalue weighted by atomic mass is 35.5. The molecular formula is C46H51ClN14O. The van der Waals surface area contributed by atoms with Crippen LogP contribution in [-0.2, 0) is 50.9 Å². The highest BCUT2D eigenvalue weighted by Crippen LogP contribution is 2.44. The van der Waals surface area contributed by atoms with Gasteiger partial charge in [-0.1, -0.05) is 54.1 Å². The second-order valence-corrected chi connectivity index (χ2v) is 16.3. The lowest BCUT2D eigenvalue weighted by Crippen LogP contribution is -2.16. The standard InChI is InChI=1S/C46H51ClN14O/c1-27(2)51-18-16-40(49)55-46-53-26-33-32(24-36-42(44(33)57-46)38(61(4)59-36)23-30-10-6-7-12-34(30)47)29-11-8-9-28(21-29)22-37-41-35(58-60(37)3)14-13-31-25-52-45(56-43(31)41)54-39(48)15-17-50-19-20-62-5/h6-12,17-18,21,25-27,32H,13-16,19-20,22-24H2,1-5H3,(H2,48,52,54,56)(H2,49,53,55,57). The van der Waals surface area contributed by atoms with Crippen LogP contribution in [-0.4, -0.2) is 89.9 Å². The Kier molecular flexibility index (Phi) is 12.7. The van der Waals surface area contributed by atoms with Crippen molar-refractivity contribution in [1.82, 2.24) is 39.5 Å². The molecule has 1 unspecified atom stereocenters. The second-order valence-electron chi connectivity index (χ2n) is 15.9. The van der Waals surface area contributed by atoms with E-state index in [9.17, 15) is 0 Å². The van der Waals surface area contributed by atoms with Gasteiger partial charge in [0, 0.05) is 112 Å². The number of amidine groups is 2. The van der Waals surface area contributed by atoms with E-state index in [1.165, 1.54) is 0 Å². The minimum atomic E-state index is -0.0705. The van der Waals surface area contributed by atoms with Gasteiger partial charge in [0.25, 0.3) is 11.9 Å². The fraction of sp³-hybridized carbons (Fsp3) is 0.348. The van der Waals surface area contributed by atoms with Crippen LogP contribution in [0.25, 0.3) is 22.5 Å². The Morgan fingerprint density at radius 1 is 0.855 bits per heavy atom. The predicted molar refractivity (Wildman–Crippen MR) is 246 cm³/mol. The Morgan fingerprint density at radius 2 is 1.55 bits per heavy atom. The maximum Gasteiger partial charge on any atom is 0.251 e. The monoisotopic (exact) mass is 850 g/mol. The van der Waals surface area contributed by atoms with E-state index in [1.807, 2.05) is 74.0 Å². The summed E-state index contributed by atoms with van der Waals surface area (Å²) < 4.78 is 8.99. The van der Waals surface area contributed by atoms with E-state index in [1.54, 1.807) is 19.5 Å². The number of ether oxygens (including phenoxy) is 1. The second kappa shape index (κ2) is 18.7. The van der Waals surface area contributed by atoms with Crippen LogP contribution in [0.15, 0.2) is 80.9 Å². The Morgan fingerprint density at radius 3 is 2.31 bits per heavy atom. The van der Waals surface area contributed by atoms with Gasteiger partial charge in [-0.3, -0.25) is 19.3 Å². The molecule has 0 amide bonds. The number of nitrogens with two attached hydrogens (primary N) is 2. The lowest BCUT2D eigenvalue weighted by molar-refractivity contribution is 0.208. The zero-order valence-electron chi connectivity index (χ0n) is 35.8. The first-order valence-corrected chi connectivity index (χ1v) is 21.2. The molecule has 0 spiro atoms. The van der Waals surface area contributed by atoms with Crippen molar-refractivity contribution < 1.29 is 4.74 Å². The van der Waals surface area contributed by atoms with Gasteiger partial charge in [0.05, 0.1) is 47.3 Å². The van der Waals surface area contributed by atoms with Crippen molar-refractivity contribution in [3.63, 3.8) is 0 Å². The van der Waals surface area contributed by atoms with Crippen molar-refractivity contribution in [2.24, 2.45) is 45.5 Å². The first kappa shape index (κ1) is 42.2. The van der Waals surface area contributed by atoms with Gasteiger partial charge in [0.2, 0.25) is 0 Å². The summed E-state index contributed by atoms with van der Waals surface area (Å²) in [5, 5.41) is 10.8. The maximum atomic E-state index is 6.69. The highest BCUT2D eigenvalue weighted by molar-refractivity contribution is 6.31. The van der Waals surface area contributed by atoms with Gasteiger partial charge in [-0.25, -0.2) is 19.9 Å². The van der Waals surface area contributed by atoms with Gasteiger partial charge >= 0.3 is 0 Å². The highest BCUT2D eigenvalue weighted by Gasteiger charge is 2.34. The Bertz CT molecular complexity index is 2730. The third-order valence-corrected chi connectivity index (χ3v) is 11.5. The number of aryl methyl sites for hydroxylation is 4. The number of hydrogen-bond donors (Lipinski definition) is 2. The van der Waals surface area contributed by atoms with Gasteiger partial charge in [0.1, 0.15) is 11.7 Å². The Labute approximate surface area is 366 Å². The Balaban J connectivity index is 1.13. The largest absolute Gasteiger partial charge is 0.387 e. The molecule has 318 valence electrons. The molecule has 8 rings (SSSR count). The zero-order chi connectivity index (χ0) is 43.3. The third kappa shape index (κ3) is 9.23. The summed E-state index contributed by atoms with van der Waals surface area (Å²) in [7, 11) is 5.63. The molecule has 16 heteroatoms. The number of aliphatic imine (C=N–C) groups is 4. The van der Waals surface area contributed by atoms with Crippen molar-refractivity contribution in [2.45, 2.75) is 70.8 Å². The average molecular weight is 851 g/mol. The van der Waals surface area contributed by atoms with E-state index in [0.717, 1.165) is 85.9 Å². The normalized spacial score (nSPS) is 15.0. The SMILES string of the molecule is COCCN=CCC(N)=Nc1ncc2c(n1)-c1c(nn(C)c1Cc1cccc(C3Cc4nn(C)c(Cc5ccccc5Cl)c4-c4nc(N=C(N)CC=NC(C)C)ncc43)c1)CC2. The Hall–Kier alpha value is -6.45. The van der Waals surface area contributed by atoms with Crippen LogP contribution in [0.3, 0.4) is 0 Å². The van der Waals surface area contributed by atoms with Crippen LogP contribution in [0.4, 0.5) is 11.9 Å². The predicted octanol–water partition coefficient (Wildman–Crippen LogP) is 6.64. The minimum absolute atomic E-state index is 0.0705. The molecule has 0 aliphatic heterocycles. The molecule has 15 nitrogen and oxygen atoms in total. The first-order valence-electron chi connectivity index (χ1n) is 20.9. The van der Waals surface area contributed by atoms with E-state index in [4.69, 9.17) is 53.0 Å². The summed E-state index contributed by atoms with van der Waals surface area (Å²) in [5.41, 5.74) is 25.6. The molecule has 0 saturated carbocycles. The molecule has 2 aliphatic rings. The molecule has 6 aromatic rings. The molecule has 4 aromatic heterocycles. The van der Waals surface area contributed by atoms with Crippen LogP contribution < -0.4 is 11.5 Å². The molecule has 1 atom stereocenters. The van der Waals surface area contributed by atoms with Crippen LogP contribution >= 0.6 is 11.6 Å². The van der Waals surface area contributed by atoms with Crippen LogP contribution in [0.1, 0.15) is 83.2 Å². The molecule has 0 fully saturated rings. The van der Waals surface area contributed by atoms with Crippen LogP contribution in [0, 0.1) is 0 Å². The topological polar surface area (TPSA) is 198 Å². The minimum Gasteiger partial charge on any atom is -0.387 e. The number of benzene rings is 2. The maximum absolute atomic E-state index is 6.69. The van der Waals surface area contributed by atoms with Crippen molar-refractivity contribution in [3.05, 3.63) is 117 Å². The summed E-state index contributed by atoms with van der Waals surface area (Å²) in [6.45, 7) is 5.15. The molecule has 0 bridgehead atoms. The van der Waals surface area contributed by atoms with Crippen molar-refractivity contribution in [1.29, 1.82) is 0 Å². The number of rotatable bonds is 15. The number of methoxy groups -OCH3 is 1. The van der Waals surface area contributed by atoms with E-state index in [2.05, 4.69) is 49.2 Å². The summed E-state index contributed by atoms with van der Waals surface area (Å²) >= 11 is 6.69. The van der Waals surface area contributed by atoms with Gasteiger partial charge < -0.3 is 16.2 Å². The summed E-state index contributed by atoms with van der Waals surface area (Å²) in [6, 6.07) is 16.8. The number of aromatic nitrogens is 8. The molecular weight excluding hydrogens is 800 g/mol. The first-order chi connectivity index (χ1) is 30.1. The number of fused-ring (bicyclic) bond motifs is 6. The van der Waals surface area contributed by atoms with Crippen molar-refractivity contribution in [2.75, 3.05) is 20.3 Å². The van der Waals surface area contributed by atoms with E-state index < -0.39 is 0 Å². The van der Waals surface area contributed by atoms with Gasteiger partial charge in [-0.05, 0) is 55.0 Å². The van der Waals surface area contributed by atoms with Gasteiger partial charge in [-0.15, -0.1) is 0 Å². The van der Waals surface area contributed by atoms with Crippen molar-refractivity contribution in [3.8, 4) is 22.5 Å². The average Bonchev–Trinajstić information content (AvgIpc) is 3.75. The summed E-state index contributed by atoms with van der Waals surface area (Å²) in [4.78, 5) is 37.2. The molecule has 62 heavy (non-hydrogen) atoms. The van der Waals surface area contributed by atoms with Crippen LogP contribution in [0.5, 0.6) is 0 Å². The molecule has 0 radical (unpaired) electrons. The number of hydrogen-bond acceptors (Lipinski definition) is 11. The van der Waals surface area contributed by atoms with Crippen molar-refractivity contribution >= 4 is 47.6 Å². The summed E-state index contributed by atoms with van der Waals surface area (Å²) in [5.74, 6) is 1.31. The fourth-order valence-corrected chi connectivity index (χ4v) is 8.34. The summed E-state index contributed by atoms with van der Waals surface area (Å²) in [6.07, 6.45) is 11.6. The molecule has 2 aromatic carbocycles. The quantitative estimate of drug-likeness (QED) is 0.0646. The van der Waals surface area contributed by atoms with E-state index in [-0.39, 0.29) is 12.0 Å². The van der Waals surface area contributed by atoms with Gasteiger partial charge in [-0.2, -0.15) is 20.2 Å². The lowest BCUT2D eigenvalue weighted by Gasteiger charge is -2.25. The smallest absolute Gasteiger partial charge is 0.251 e. The van der Waals surface area contributed by atoms with Gasteiger partial charge in [0.15, 0.2) is 0 Å². The fourth-order valence-electron chi connectivity index (χ4n) is 8.14. The van der Waals surface area contributed by atoms with Crippen LogP contribution in [0.2, 0.25) is 5.02 Å². The number of halogens is 1. The lowest BCUT2D eigenvalue weighted by atomic mass is 9.79. The molecule has 4 heterocycles. The van der Waals surface area contributed by atoms with E-state index in [0.29, 0.717) is 73.8 Å². The molecule has 2 aliphatic carbocycles. The third-order valence-electron chi connectivity index (χ3n) is 11.1. The van der Waals surface area contributed by atoms with E-state index >= 15 is 0 Å². The zero-order valence-corrected chi connectivity index (χ0v) is 36.5. The molecule has 4 N–H and O–H groups in total. The molecule has 0 saturated heterocycles.